The lowest BCUT2D eigenvalue weighted by molar-refractivity contribution is -0.119. The van der Waals surface area contributed by atoms with Crippen LogP contribution in [0, 0.1) is 11.8 Å². The van der Waals surface area contributed by atoms with Crippen molar-refractivity contribution in [2.75, 3.05) is 18.1 Å². The summed E-state index contributed by atoms with van der Waals surface area (Å²) in [5, 5.41) is 3.16. The number of halogens is 1. The molecule has 0 radical (unpaired) electrons. The summed E-state index contributed by atoms with van der Waals surface area (Å²) in [7, 11) is 0. The van der Waals surface area contributed by atoms with Crippen molar-refractivity contribution in [2.45, 2.75) is 43.1 Å². The zero-order valence-electron chi connectivity index (χ0n) is 17.5. The first-order valence-electron chi connectivity index (χ1n) is 10.9. The van der Waals surface area contributed by atoms with Crippen molar-refractivity contribution in [1.29, 1.82) is 0 Å². The molecule has 2 nitrogen and oxygen atoms in total. The van der Waals surface area contributed by atoms with Crippen molar-refractivity contribution in [3.05, 3.63) is 69.7 Å². The zero-order chi connectivity index (χ0) is 20.9. The van der Waals surface area contributed by atoms with E-state index in [0.29, 0.717) is 22.3 Å². The summed E-state index contributed by atoms with van der Waals surface area (Å²) in [4.78, 5) is 11.8. The van der Waals surface area contributed by atoms with Gasteiger partial charge in [-0.25, -0.2) is 0 Å². The van der Waals surface area contributed by atoms with E-state index in [1.54, 1.807) is 6.92 Å². The average Bonchev–Trinajstić information content (AvgIpc) is 2.77. The maximum Gasteiger partial charge on any atom is 0.216 e. The number of hydrogen-bond acceptors (Lipinski definition) is 3. The number of carbonyl (C=O) groups is 1. The Bertz CT molecular complexity index is 853. The van der Waals surface area contributed by atoms with Crippen LogP contribution in [-0.4, -0.2) is 28.5 Å². The van der Waals surface area contributed by atoms with Crippen LogP contribution in [-0.2, 0) is 17.6 Å². The highest BCUT2D eigenvalue weighted by molar-refractivity contribution is 9.10. The lowest BCUT2D eigenvalue weighted by atomic mass is 9.68. The Labute approximate surface area is 197 Å². The molecule has 160 valence electrons. The highest BCUT2D eigenvalue weighted by Crippen LogP contribution is 2.48. The van der Waals surface area contributed by atoms with Gasteiger partial charge in [0.25, 0.3) is 0 Å². The number of benzene rings is 2. The third-order valence-electron chi connectivity index (χ3n) is 6.41. The number of fused-ring (bicyclic) bond motifs is 1. The fourth-order valence-electron chi connectivity index (χ4n) is 5.02. The number of rotatable bonds is 6. The predicted octanol–water partition coefficient (Wildman–Crippen LogP) is 6.29. The van der Waals surface area contributed by atoms with Crippen LogP contribution in [0.25, 0.3) is 0 Å². The summed E-state index contributed by atoms with van der Waals surface area (Å²) >= 11 is 7.97. The molecular weight excluding hydrogens is 474 g/mol. The van der Waals surface area contributed by atoms with E-state index in [4.69, 9.17) is 0 Å². The van der Waals surface area contributed by atoms with Crippen molar-refractivity contribution in [2.24, 2.45) is 11.8 Å². The largest absolute Gasteiger partial charge is 0.356 e. The SMILES string of the molecule is CC(=O)NCC1c2ccc(Br)cc2CCC1C(Cc1ccccc1)C1SCCCS1. The van der Waals surface area contributed by atoms with E-state index in [-0.39, 0.29) is 5.91 Å². The standard InChI is InChI=1S/C25H30BrNOS2/c1-17(28)27-16-24-21-11-9-20(26)15-19(21)8-10-22(24)23(25-29-12-5-13-30-25)14-18-6-3-2-4-7-18/h2-4,6-7,9,11,15,22-25H,5,8,10,12-14,16H2,1H3,(H,27,28). The first kappa shape index (κ1) is 22.3. The third-order valence-corrected chi connectivity index (χ3v) is 10.1. The Kier molecular flexibility index (Phi) is 7.88. The van der Waals surface area contributed by atoms with Crippen LogP contribution < -0.4 is 5.32 Å². The van der Waals surface area contributed by atoms with Crippen molar-refractivity contribution in [3.8, 4) is 0 Å². The van der Waals surface area contributed by atoms with Gasteiger partial charge in [-0.3, -0.25) is 4.79 Å². The smallest absolute Gasteiger partial charge is 0.216 e. The minimum atomic E-state index is 0.0685. The van der Waals surface area contributed by atoms with E-state index < -0.39 is 0 Å². The second-order valence-electron chi connectivity index (χ2n) is 8.41. The summed E-state index contributed by atoms with van der Waals surface area (Å²) < 4.78 is 1.79. The van der Waals surface area contributed by atoms with Crippen molar-refractivity contribution in [1.82, 2.24) is 5.32 Å². The van der Waals surface area contributed by atoms with E-state index in [2.05, 4.69) is 93.3 Å². The first-order valence-corrected chi connectivity index (χ1v) is 13.8. The van der Waals surface area contributed by atoms with E-state index >= 15 is 0 Å². The molecule has 1 saturated heterocycles. The van der Waals surface area contributed by atoms with E-state index in [0.717, 1.165) is 23.9 Å². The second kappa shape index (κ2) is 10.6. The molecule has 0 saturated carbocycles. The lowest BCUT2D eigenvalue weighted by Crippen LogP contribution is -2.39. The van der Waals surface area contributed by atoms with E-state index in [1.165, 1.54) is 41.0 Å². The molecule has 30 heavy (non-hydrogen) atoms. The van der Waals surface area contributed by atoms with Crippen LogP contribution in [0.15, 0.2) is 53.0 Å². The summed E-state index contributed by atoms with van der Waals surface area (Å²) in [5.74, 6) is 4.18. The Morgan fingerprint density at radius 2 is 1.93 bits per heavy atom. The van der Waals surface area contributed by atoms with Gasteiger partial charge in [0.15, 0.2) is 0 Å². The maximum absolute atomic E-state index is 11.8. The molecule has 1 N–H and O–H groups in total. The van der Waals surface area contributed by atoms with Gasteiger partial charge < -0.3 is 5.32 Å². The van der Waals surface area contributed by atoms with Gasteiger partial charge in [0.2, 0.25) is 5.91 Å². The molecule has 2 aliphatic rings. The Hall–Kier alpha value is -0.910. The van der Waals surface area contributed by atoms with Gasteiger partial charge in [0.1, 0.15) is 0 Å². The minimum Gasteiger partial charge on any atom is -0.356 e. The molecule has 4 rings (SSSR count). The average molecular weight is 505 g/mol. The van der Waals surface area contributed by atoms with Gasteiger partial charge in [0.05, 0.1) is 4.58 Å². The van der Waals surface area contributed by atoms with Gasteiger partial charge in [0, 0.05) is 23.9 Å². The number of carbonyl (C=O) groups excluding carboxylic acids is 1. The molecule has 3 unspecified atom stereocenters. The number of hydrogen-bond donors (Lipinski definition) is 1. The van der Waals surface area contributed by atoms with Crippen LogP contribution >= 0.6 is 39.5 Å². The van der Waals surface area contributed by atoms with Gasteiger partial charge in [-0.2, -0.15) is 0 Å². The molecular formula is C25H30BrNOS2. The lowest BCUT2D eigenvalue weighted by Gasteiger charge is -2.42. The Morgan fingerprint density at radius 1 is 1.17 bits per heavy atom. The van der Waals surface area contributed by atoms with Crippen LogP contribution in [0.2, 0.25) is 0 Å². The van der Waals surface area contributed by atoms with Crippen LogP contribution in [0.1, 0.15) is 42.4 Å². The molecule has 2 aromatic carbocycles. The summed E-state index contributed by atoms with van der Waals surface area (Å²) in [6, 6.07) is 17.7. The molecule has 0 aromatic heterocycles. The molecule has 1 fully saturated rings. The molecule has 2 aromatic rings. The molecule has 5 heteroatoms. The minimum absolute atomic E-state index is 0.0685. The normalized spacial score (nSPS) is 22.9. The molecule has 3 atom stereocenters. The van der Waals surface area contributed by atoms with Gasteiger partial charge >= 0.3 is 0 Å². The fourth-order valence-corrected chi connectivity index (χ4v) is 8.75. The summed E-state index contributed by atoms with van der Waals surface area (Å²) in [6.45, 7) is 2.37. The van der Waals surface area contributed by atoms with Gasteiger partial charge in [-0.1, -0.05) is 52.3 Å². The molecule has 1 aliphatic carbocycles. The van der Waals surface area contributed by atoms with E-state index in [9.17, 15) is 4.79 Å². The zero-order valence-corrected chi connectivity index (χ0v) is 20.7. The topological polar surface area (TPSA) is 29.1 Å². The molecule has 1 amide bonds. The summed E-state index contributed by atoms with van der Waals surface area (Å²) in [6.07, 6.45) is 4.77. The monoisotopic (exact) mass is 503 g/mol. The molecule has 0 bridgehead atoms. The predicted molar refractivity (Wildman–Crippen MR) is 134 cm³/mol. The van der Waals surface area contributed by atoms with Crippen molar-refractivity contribution in [3.63, 3.8) is 0 Å². The highest BCUT2D eigenvalue weighted by Gasteiger charge is 2.39. The van der Waals surface area contributed by atoms with Crippen LogP contribution in [0.3, 0.4) is 0 Å². The Morgan fingerprint density at radius 3 is 2.67 bits per heavy atom. The highest BCUT2D eigenvalue weighted by atomic mass is 79.9. The number of nitrogens with one attached hydrogen (secondary N) is 1. The number of amides is 1. The number of thioether (sulfide) groups is 2. The van der Waals surface area contributed by atoms with Crippen LogP contribution in [0.4, 0.5) is 0 Å². The first-order chi connectivity index (χ1) is 14.6. The summed E-state index contributed by atoms with van der Waals surface area (Å²) in [5.41, 5.74) is 4.32. The van der Waals surface area contributed by atoms with Gasteiger partial charge in [-0.05, 0) is 77.8 Å². The molecule has 1 heterocycles. The fraction of sp³-hybridized carbons (Fsp3) is 0.480. The van der Waals surface area contributed by atoms with Crippen LogP contribution in [0.5, 0.6) is 0 Å². The van der Waals surface area contributed by atoms with Crippen molar-refractivity contribution >= 4 is 45.4 Å². The third kappa shape index (κ3) is 5.46. The second-order valence-corrected chi connectivity index (χ2v) is 12.1. The maximum atomic E-state index is 11.8. The van der Waals surface area contributed by atoms with E-state index in [1.807, 2.05) is 0 Å². The molecule has 0 spiro atoms. The Balaban J connectivity index is 1.67. The molecule has 1 aliphatic heterocycles. The number of aryl methyl sites for hydroxylation is 1. The quantitative estimate of drug-likeness (QED) is 0.502. The van der Waals surface area contributed by atoms with Crippen molar-refractivity contribution < 1.29 is 4.79 Å². The van der Waals surface area contributed by atoms with Gasteiger partial charge in [-0.15, -0.1) is 23.5 Å².